The Balaban J connectivity index is 1.87. The van der Waals surface area contributed by atoms with Gasteiger partial charge >= 0.3 is 0 Å². The number of hydrogen-bond acceptors (Lipinski definition) is 3. The first-order chi connectivity index (χ1) is 12.1. The lowest BCUT2D eigenvalue weighted by Gasteiger charge is -2.28. The van der Waals surface area contributed by atoms with Gasteiger partial charge in [0, 0.05) is 41.7 Å². The summed E-state index contributed by atoms with van der Waals surface area (Å²) in [4.78, 5) is 29.3. The highest BCUT2D eigenvalue weighted by atomic mass is 16.2. The van der Waals surface area contributed by atoms with Crippen molar-refractivity contribution in [2.75, 3.05) is 19.0 Å². The average molecular weight is 330 g/mol. The van der Waals surface area contributed by atoms with Crippen molar-refractivity contribution < 1.29 is 9.59 Å². The van der Waals surface area contributed by atoms with Gasteiger partial charge in [0.05, 0.1) is 6.54 Å². The maximum Gasteiger partial charge on any atom is 0.261 e. The van der Waals surface area contributed by atoms with Crippen molar-refractivity contribution in [1.29, 1.82) is 0 Å². The van der Waals surface area contributed by atoms with Crippen LogP contribution in [0.2, 0.25) is 0 Å². The van der Waals surface area contributed by atoms with Gasteiger partial charge in [0.2, 0.25) is 0 Å². The second kappa shape index (κ2) is 5.74. The van der Waals surface area contributed by atoms with Crippen molar-refractivity contribution in [3.05, 3.63) is 77.4 Å². The standard InChI is InChI=1S/C21H18N2O2/c1-22(2)18-12-11-17-19-15(18)9-6-10-16(19)20(24)23(21(17)25)13-14-7-4-3-5-8-14/h3-12H,13H2,1-2H3. The monoisotopic (exact) mass is 330 g/mol. The maximum absolute atomic E-state index is 13.0. The van der Waals surface area contributed by atoms with Crippen LogP contribution >= 0.6 is 0 Å². The zero-order valence-corrected chi connectivity index (χ0v) is 14.2. The number of rotatable bonds is 3. The summed E-state index contributed by atoms with van der Waals surface area (Å²) < 4.78 is 0. The molecule has 2 amide bonds. The molecular weight excluding hydrogens is 312 g/mol. The Kier molecular flexibility index (Phi) is 3.53. The molecule has 1 aliphatic rings. The van der Waals surface area contributed by atoms with Gasteiger partial charge < -0.3 is 4.90 Å². The molecule has 0 radical (unpaired) electrons. The first-order valence-electron chi connectivity index (χ1n) is 8.21. The van der Waals surface area contributed by atoms with E-state index in [2.05, 4.69) is 0 Å². The van der Waals surface area contributed by atoms with Crippen LogP contribution in [0.5, 0.6) is 0 Å². The van der Waals surface area contributed by atoms with Crippen molar-refractivity contribution in [2.24, 2.45) is 0 Å². The summed E-state index contributed by atoms with van der Waals surface area (Å²) in [5.74, 6) is -0.467. The first kappa shape index (κ1) is 15.4. The Morgan fingerprint density at radius 1 is 0.800 bits per heavy atom. The van der Waals surface area contributed by atoms with E-state index < -0.39 is 0 Å². The van der Waals surface area contributed by atoms with Gasteiger partial charge in [-0.05, 0) is 23.8 Å². The predicted molar refractivity (Wildman–Crippen MR) is 98.9 cm³/mol. The number of hydrogen-bond donors (Lipinski definition) is 0. The molecule has 4 heteroatoms. The minimum absolute atomic E-state index is 0.233. The summed E-state index contributed by atoms with van der Waals surface area (Å²) in [6, 6.07) is 19.0. The van der Waals surface area contributed by atoms with Crippen molar-refractivity contribution in [3.8, 4) is 0 Å². The third-order valence-corrected chi connectivity index (χ3v) is 4.63. The van der Waals surface area contributed by atoms with E-state index >= 15 is 0 Å². The normalized spacial score (nSPS) is 13.4. The zero-order chi connectivity index (χ0) is 17.6. The Morgan fingerprint density at radius 3 is 2.16 bits per heavy atom. The number of amides is 2. The van der Waals surface area contributed by atoms with Crippen molar-refractivity contribution in [1.82, 2.24) is 4.90 Å². The number of anilines is 1. The summed E-state index contributed by atoms with van der Waals surface area (Å²) in [5, 5.41) is 1.69. The highest BCUT2D eigenvalue weighted by Crippen LogP contribution is 2.35. The fourth-order valence-corrected chi connectivity index (χ4v) is 3.43. The van der Waals surface area contributed by atoms with Gasteiger partial charge in [0.25, 0.3) is 11.8 Å². The number of nitrogens with zero attached hydrogens (tertiary/aromatic N) is 2. The van der Waals surface area contributed by atoms with Crippen LogP contribution in [0, 0.1) is 0 Å². The van der Waals surface area contributed by atoms with E-state index in [9.17, 15) is 9.59 Å². The molecule has 4 nitrogen and oxygen atoms in total. The van der Waals surface area contributed by atoms with E-state index in [1.807, 2.05) is 73.6 Å². The lowest BCUT2D eigenvalue weighted by Crippen LogP contribution is -2.39. The minimum atomic E-state index is -0.233. The topological polar surface area (TPSA) is 40.6 Å². The van der Waals surface area contributed by atoms with E-state index in [4.69, 9.17) is 0 Å². The number of benzene rings is 3. The van der Waals surface area contributed by atoms with Crippen LogP contribution in [0.15, 0.2) is 60.7 Å². The van der Waals surface area contributed by atoms with Crippen LogP contribution in [0.4, 0.5) is 5.69 Å². The van der Waals surface area contributed by atoms with E-state index in [-0.39, 0.29) is 18.4 Å². The second-order valence-corrected chi connectivity index (χ2v) is 6.44. The SMILES string of the molecule is CN(C)c1ccc2c3c(cccc13)C(=O)N(Cc1ccccc1)C2=O. The fourth-order valence-electron chi connectivity index (χ4n) is 3.43. The summed E-state index contributed by atoms with van der Waals surface area (Å²) in [7, 11) is 3.91. The summed E-state index contributed by atoms with van der Waals surface area (Å²) in [6.07, 6.45) is 0. The molecule has 25 heavy (non-hydrogen) atoms. The lowest BCUT2D eigenvalue weighted by molar-refractivity contribution is 0.0598. The van der Waals surface area contributed by atoms with Crippen LogP contribution < -0.4 is 4.90 Å². The van der Waals surface area contributed by atoms with E-state index in [0.29, 0.717) is 11.1 Å². The molecule has 3 aromatic carbocycles. The minimum Gasteiger partial charge on any atom is -0.377 e. The third kappa shape index (κ3) is 2.38. The molecule has 4 rings (SSSR count). The predicted octanol–water partition coefficient (Wildman–Crippen LogP) is 3.70. The summed E-state index contributed by atoms with van der Waals surface area (Å²) >= 11 is 0. The smallest absolute Gasteiger partial charge is 0.261 e. The molecule has 1 aliphatic heterocycles. The van der Waals surface area contributed by atoms with E-state index in [1.165, 1.54) is 4.90 Å². The van der Waals surface area contributed by atoms with Crippen LogP contribution in [-0.4, -0.2) is 30.8 Å². The summed E-state index contributed by atoms with van der Waals surface area (Å²) in [6.45, 7) is 0.282. The van der Waals surface area contributed by atoms with E-state index in [1.54, 1.807) is 6.07 Å². The van der Waals surface area contributed by atoms with Gasteiger partial charge in [0.1, 0.15) is 0 Å². The number of imide groups is 1. The molecular formula is C21H18N2O2. The zero-order valence-electron chi connectivity index (χ0n) is 14.2. The van der Waals surface area contributed by atoms with Gasteiger partial charge in [-0.1, -0.05) is 42.5 Å². The molecule has 3 aromatic rings. The van der Waals surface area contributed by atoms with E-state index in [0.717, 1.165) is 22.0 Å². The lowest BCUT2D eigenvalue weighted by atomic mass is 9.92. The fraction of sp³-hybridized carbons (Fsp3) is 0.143. The third-order valence-electron chi connectivity index (χ3n) is 4.63. The first-order valence-corrected chi connectivity index (χ1v) is 8.21. The van der Waals surface area contributed by atoms with Crippen LogP contribution in [0.1, 0.15) is 26.3 Å². The average Bonchev–Trinajstić information content (AvgIpc) is 2.63. The van der Waals surface area contributed by atoms with Crippen LogP contribution in [0.25, 0.3) is 10.8 Å². The van der Waals surface area contributed by atoms with Crippen molar-refractivity contribution in [3.63, 3.8) is 0 Å². The quantitative estimate of drug-likeness (QED) is 0.688. The summed E-state index contributed by atoms with van der Waals surface area (Å²) in [5.41, 5.74) is 3.11. The molecule has 0 unspecified atom stereocenters. The molecule has 0 saturated heterocycles. The molecule has 0 N–H and O–H groups in total. The molecule has 0 fully saturated rings. The van der Waals surface area contributed by atoms with Crippen LogP contribution in [0.3, 0.4) is 0 Å². The van der Waals surface area contributed by atoms with Gasteiger partial charge in [0.15, 0.2) is 0 Å². The Morgan fingerprint density at radius 2 is 1.48 bits per heavy atom. The van der Waals surface area contributed by atoms with Crippen molar-refractivity contribution in [2.45, 2.75) is 6.54 Å². The number of carbonyl (C=O) groups excluding carboxylic acids is 2. The Bertz CT molecular complexity index is 971. The molecule has 0 saturated carbocycles. The highest BCUT2D eigenvalue weighted by molar-refractivity contribution is 6.26. The molecule has 0 spiro atoms. The van der Waals surface area contributed by atoms with Gasteiger partial charge in [-0.2, -0.15) is 0 Å². The maximum atomic E-state index is 13.0. The van der Waals surface area contributed by atoms with Gasteiger partial charge in [-0.3, -0.25) is 14.5 Å². The van der Waals surface area contributed by atoms with Crippen molar-refractivity contribution >= 4 is 28.3 Å². The van der Waals surface area contributed by atoms with Gasteiger partial charge in [-0.15, -0.1) is 0 Å². The van der Waals surface area contributed by atoms with Gasteiger partial charge in [-0.25, -0.2) is 0 Å². The second-order valence-electron chi connectivity index (χ2n) is 6.44. The molecule has 0 bridgehead atoms. The largest absolute Gasteiger partial charge is 0.377 e. The Labute approximate surface area is 146 Å². The molecule has 0 aromatic heterocycles. The Hall–Kier alpha value is -3.14. The molecule has 0 aliphatic carbocycles. The number of carbonyl (C=O) groups is 2. The van der Waals surface area contributed by atoms with Crippen LogP contribution in [-0.2, 0) is 6.54 Å². The molecule has 124 valence electrons. The molecule has 1 heterocycles. The highest BCUT2D eigenvalue weighted by Gasteiger charge is 2.33. The molecule has 0 atom stereocenters.